The van der Waals surface area contributed by atoms with Gasteiger partial charge in [-0.1, -0.05) is 11.6 Å². The smallest absolute Gasteiger partial charge is 0.266 e. The largest absolute Gasteiger partial charge is 0.326 e. The molecule has 156 valence electrons. The van der Waals surface area contributed by atoms with E-state index in [1.165, 1.54) is 6.92 Å². The highest BCUT2D eigenvalue weighted by molar-refractivity contribution is 6.30. The summed E-state index contributed by atoms with van der Waals surface area (Å²) in [5.74, 6) is -0.686. The molecule has 0 unspecified atom stereocenters. The van der Waals surface area contributed by atoms with Gasteiger partial charge in [-0.05, 0) is 80.1 Å². The van der Waals surface area contributed by atoms with Crippen molar-refractivity contribution in [3.8, 4) is 11.8 Å². The van der Waals surface area contributed by atoms with E-state index in [4.69, 9.17) is 11.6 Å². The third kappa shape index (κ3) is 5.21. The summed E-state index contributed by atoms with van der Waals surface area (Å²) < 4.78 is 2.04. The lowest BCUT2D eigenvalue weighted by Crippen LogP contribution is -2.13. The first-order valence-corrected chi connectivity index (χ1v) is 9.92. The Kier molecular flexibility index (Phi) is 6.58. The number of amides is 2. The Bertz CT molecular complexity index is 1200. The van der Waals surface area contributed by atoms with Gasteiger partial charge in [-0.15, -0.1) is 0 Å². The molecule has 31 heavy (non-hydrogen) atoms. The average Bonchev–Trinajstić information content (AvgIpc) is 3.01. The number of halogens is 1. The van der Waals surface area contributed by atoms with Gasteiger partial charge in [-0.2, -0.15) is 5.26 Å². The zero-order chi connectivity index (χ0) is 22.5. The van der Waals surface area contributed by atoms with Crippen LogP contribution in [0.15, 0.2) is 60.2 Å². The van der Waals surface area contributed by atoms with Gasteiger partial charge < -0.3 is 15.2 Å². The number of nitrogens with one attached hydrogen (secondary N) is 2. The minimum absolute atomic E-state index is 0.0118. The van der Waals surface area contributed by atoms with E-state index in [9.17, 15) is 14.9 Å². The molecule has 2 amide bonds. The molecule has 0 radical (unpaired) electrons. The van der Waals surface area contributed by atoms with Gasteiger partial charge >= 0.3 is 0 Å². The zero-order valence-electron chi connectivity index (χ0n) is 17.4. The molecule has 0 spiro atoms. The number of carbonyl (C=O) groups excluding carboxylic acids is 2. The molecule has 0 aliphatic heterocycles. The number of aromatic nitrogens is 1. The molecule has 2 aromatic carbocycles. The van der Waals surface area contributed by atoms with Crippen molar-refractivity contribution < 1.29 is 9.59 Å². The van der Waals surface area contributed by atoms with Crippen molar-refractivity contribution in [1.82, 2.24) is 4.57 Å². The van der Waals surface area contributed by atoms with Gasteiger partial charge in [0.05, 0.1) is 0 Å². The summed E-state index contributed by atoms with van der Waals surface area (Å²) in [5.41, 5.74) is 4.73. The maximum Gasteiger partial charge on any atom is 0.266 e. The molecule has 0 atom stereocenters. The molecular weight excluding hydrogens is 412 g/mol. The number of nitriles is 1. The molecule has 3 rings (SSSR count). The van der Waals surface area contributed by atoms with Crippen LogP contribution in [0.5, 0.6) is 0 Å². The Hall–Kier alpha value is -3.82. The predicted molar refractivity (Wildman–Crippen MR) is 123 cm³/mol. The fourth-order valence-corrected chi connectivity index (χ4v) is 3.39. The Morgan fingerprint density at radius 2 is 1.58 bits per heavy atom. The summed E-state index contributed by atoms with van der Waals surface area (Å²) in [4.78, 5) is 23.7. The van der Waals surface area contributed by atoms with Gasteiger partial charge in [0.15, 0.2) is 0 Å². The summed E-state index contributed by atoms with van der Waals surface area (Å²) in [7, 11) is 0. The van der Waals surface area contributed by atoms with E-state index < -0.39 is 5.91 Å². The van der Waals surface area contributed by atoms with Crippen LogP contribution in [0, 0.1) is 25.2 Å². The lowest BCUT2D eigenvalue weighted by atomic mass is 10.1. The van der Waals surface area contributed by atoms with Crippen molar-refractivity contribution in [1.29, 1.82) is 5.26 Å². The van der Waals surface area contributed by atoms with E-state index in [0.29, 0.717) is 16.4 Å². The molecule has 0 saturated carbocycles. The van der Waals surface area contributed by atoms with Crippen molar-refractivity contribution in [3.05, 3.63) is 82.1 Å². The van der Waals surface area contributed by atoms with Crippen LogP contribution in [0.4, 0.5) is 11.4 Å². The Balaban J connectivity index is 1.84. The van der Waals surface area contributed by atoms with Crippen LogP contribution < -0.4 is 10.6 Å². The third-order valence-corrected chi connectivity index (χ3v) is 4.94. The van der Waals surface area contributed by atoms with Crippen molar-refractivity contribution in [3.63, 3.8) is 0 Å². The molecule has 1 heterocycles. The van der Waals surface area contributed by atoms with Crippen LogP contribution in [0.25, 0.3) is 11.8 Å². The quantitative estimate of drug-likeness (QED) is 0.426. The Morgan fingerprint density at radius 1 is 1.00 bits per heavy atom. The summed E-state index contributed by atoms with van der Waals surface area (Å²) >= 11 is 5.99. The number of hydrogen-bond acceptors (Lipinski definition) is 3. The van der Waals surface area contributed by atoms with Gasteiger partial charge in [0, 0.05) is 40.4 Å². The summed E-state index contributed by atoms with van der Waals surface area (Å²) in [6, 6.07) is 18.0. The number of benzene rings is 2. The first-order chi connectivity index (χ1) is 14.8. The van der Waals surface area contributed by atoms with E-state index in [2.05, 4.69) is 10.6 Å². The number of anilines is 2. The molecule has 2 N–H and O–H groups in total. The second-order valence-corrected chi connectivity index (χ2v) is 7.46. The highest BCUT2D eigenvalue weighted by Gasteiger charge is 2.14. The number of carbonyl (C=O) groups is 2. The Morgan fingerprint density at radius 3 is 2.13 bits per heavy atom. The van der Waals surface area contributed by atoms with Gasteiger partial charge in [-0.3, -0.25) is 9.59 Å². The average molecular weight is 433 g/mol. The molecule has 1 aromatic heterocycles. The standard InChI is InChI=1S/C24H21ClN4O2/c1-15-12-18(16(2)29(15)23-10-4-20(25)5-11-23)13-19(14-26)24(31)28-22-8-6-21(7-9-22)27-17(3)30/h4-13H,1-3H3,(H,27,30)(H,28,31). The van der Waals surface area contributed by atoms with Crippen LogP contribution in [0.1, 0.15) is 23.9 Å². The second-order valence-electron chi connectivity index (χ2n) is 7.02. The molecule has 0 aliphatic carbocycles. The van der Waals surface area contributed by atoms with Crippen LogP contribution in [0.3, 0.4) is 0 Å². The molecular formula is C24H21ClN4O2. The van der Waals surface area contributed by atoms with E-state index in [1.54, 1.807) is 30.3 Å². The maximum absolute atomic E-state index is 12.6. The molecule has 0 saturated heterocycles. The normalized spacial score (nSPS) is 11.0. The maximum atomic E-state index is 12.6. The topological polar surface area (TPSA) is 86.9 Å². The van der Waals surface area contributed by atoms with E-state index in [0.717, 1.165) is 22.6 Å². The lowest BCUT2D eigenvalue weighted by molar-refractivity contribution is -0.114. The lowest BCUT2D eigenvalue weighted by Gasteiger charge is -2.10. The van der Waals surface area contributed by atoms with E-state index in [1.807, 2.05) is 54.8 Å². The molecule has 0 fully saturated rings. The highest BCUT2D eigenvalue weighted by atomic mass is 35.5. The molecule has 7 heteroatoms. The first-order valence-electron chi connectivity index (χ1n) is 9.54. The molecule has 6 nitrogen and oxygen atoms in total. The first kappa shape index (κ1) is 21.9. The van der Waals surface area contributed by atoms with Crippen LogP contribution >= 0.6 is 11.6 Å². The van der Waals surface area contributed by atoms with Gasteiger partial charge in [0.1, 0.15) is 11.6 Å². The second kappa shape index (κ2) is 9.33. The predicted octanol–water partition coefficient (Wildman–Crippen LogP) is 5.25. The van der Waals surface area contributed by atoms with Crippen molar-refractivity contribution >= 4 is 40.9 Å². The summed E-state index contributed by atoms with van der Waals surface area (Å²) in [5, 5.41) is 15.6. The monoisotopic (exact) mass is 432 g/mol. The van der Waals surface area contributed by atoms with Crippen molar-refractivity contribution in [2.75, 3.05) is 10.6 Å². The highest BCUT2D eigenvalue weighted by Crippen LogP contribution is 2.24. The summed E-state index contributed by atoms with van der Waals surface area (Å²) in [6.45, 7) is 5.31. The number of nitrogens with zero attached hydrogens (tertiary/aromatic N) is 2. The number of rotatable bonds is 5. The minimum Gasteiger partial charge on any atom is -0.326 e. The van der Waals surface area contributed by atoms with Crippen LogP contribution in [-0.4, -0.2) is 16.4 Å². The van der Waals surface area contributed by atoms with Crippen molar-refractivity contribution in [2.24, 2.45) is 0 Å². The SMILES string of the molecule is CC(=O)Nc1ccc(NC(=O)C(C#N)=Cc2cc(C)n(-c3ccc(Cl)cc3)c2C)cc1. The minimum atomic E-state index is -0.508. The van der Waals surface area contributed by atoms with Crippen molar-refractivity contribution in [2.45, 2.75) is 20.8 Å². The third-order valence-electron chi connectivity index (χ3n) is 4.68. The fraction of sp³-hybridized carbons (Fsp3) is 0.125. The summed E-state index contributed by atoms with van der Waals surface area (Å²) in [6.07, 6.45) is 1.58. The van der Waals surface area contributed by atoms with Crippen LogP contribution in [0.2, 0.25) is 5.02 Å². The van der Waals surface area contributed by atoms with E-state index in [-0.39, 0.29) is 11.5 Å². The van der Waals surface area contributed by atoms with Gasteiger partial charge in [-0.25, -0.2) is 0 Å². The fourth-order valence-electron chi connectivity index (χ4n) is 3.26. The molecule has 0 aliphatic rings. The van der Waals surface area contributed by atoms with Gasteiger partial charge in [0.25, 0.3) is 5.91 Å². The molecule has 0 bridgehead atoms. The Labute approximate surface area is 185 Å². The molecule has 3 aromatic rings. The van der Waals surface area contributed by atoms with E-state index >= 15 is 0 Å². The number of hydrogen-bond donors (Lipinski definition) is 2. The zero-order valence-corrected chi connectivity index (χ0v) is 18.1. The number of aryl methyl sites for hydroxylation is 1. The van der Waals surface area contributed by atoms with Crippen LogP contribution in [-0.2, 0) is 9.59 Å². The van der Waals surface area contributed by atoms with Gasteiger partial charge in [0.2, 0.25) is 5.91 Å².